The molecule has 1 N–H and O–H groups in total. The summed E-state index contributed by atoms with van der Waals surface area (Å²) in [4.78, 5) is 4.89. The Morgan fingerprint density at radius 3 is 2.59 bits per heavy atom. The van der Waals surface area contributed by atoms with E-state index in [4.69, 9.17) is 14.5 Å². The van der Waals surface area contributed by atoms with E-state index >= 15 is 0 Å². The molecular weight excluding hydrogens is 338 g/mol. The molecule has 0 saturated heterocycles. The Bertz CT molecular complexity index is 983. The number of hydrogen-bond acceptors (Lipinski definition) is 4. The fourth-order valence-electron chi connectivity index (χ4n) is 4.05. The lowest BCUT2D eigenvalue weighted by Gasteiger charge is -2.34. The maximum Gasteiger partial charge on any atom is 0.231 e. The molecule has 1 aromatic carbocycles. The van der Waals surface area contributed by atoms with Crippen molar-refractivity contribution in [2.75, 3.05) is 12.1 Å². The van der Waals surface area contributed by atoms with E-state index in [1.807, 2.05) is 42.6 Å². The third-order valence-electron chi connectivity index (χ3n) is 4.60. The zero-order valence-electron chi connectivity index (χ0n) is 16.7. The second-order valence-electron chi connectivity index (χ2n) is 9.05. The first-order valence-corrected chi connectivity index (χ1v) is 9.37. The average molecular weight is 365 g/mol. The molecule has 27 heavy (non-hydrogen) atoms. The molecule has 0 spiro atoms. The standard InChI is InChI=1S/C22H27N3O2/c1-21(2,3)13-22(4,5)24-20-19(23-18-8-6-7-11-25(18)20)15-9-10-16-17(12-15)27-14-26-16/h6-12,24H,13-14H2,1-5H3. The third-order valence-corrected chi connectivity index (χ3v) is 4.60. The number of fused-ring (bicyclic) bond motifs is 2. The van der Waals surface area contributed by atoms with E-state index in [2.05, 4.69) is 44.3 Å². The minimum atomic E-state index is -0.0882. The lowest BCUT2D eigenvalue weighted by molar-refractivity contribution is 0.174. The van der Waals surface area contributed by atoms with Gasteiger partial charge in [-0.2, -0.15) is 0 Å². The molecular formula is C22H27N3O2. The summed E-state index contributed by atoms with van der Waals surface area (Å²) in [5, 5.41) is 3.76. The van der Waals surface area contributed by atoms with Gasteiger partial charge < -0.3 is 14.8 Å². The predicted octanol–water partition coefficient (Wildman–Crippen LogP) is 5.36. The Labute approximate surface area is 160 Å². The number of anilines is 1. The minimum absolute atomic E-state index is 0.0882. The van der Waals surface area contributed by atoms with Crippen molar-refractivity contribution in [3.05, 3.63) is 42.6 Å². The molecule has 0 aliphatic carbocycles. The van der Waals surface area contributed by atoms with Crippen molar-refractivity contribution >= 4 is 11.5 Å². The fraction of sp³-hybridized carbons (Fsp3) is 0.409. The molecule has 2 aromatic heterocycles. The summed E-state index contributed by atoms with van der Waals surface area (Å²) in [5.41, 5.74) is 2.98. The van der Waals surface area contributed by atoms with Crippen molar-refractivity contribution in [1.29, 1.82) is 0 Å². The van der Waals surface area contributed by atoms with Crippen LogP contribution in [-0.4, -0.2) is 21.7 Å². The number of benzene rings is 1. The lowest BCUT2D eigenvalue weighted by atomic mass is 9.82. The van der Waals surface area contributed by atoms with Gasteiger partial charge in [0.25, 0.3) is 0 Å². The van der Waals surface area contributed by atoms with Gasteiger partial charge in [0, 0.05) is 17.3 Å². The molecule has 0 amide bonds. The highest BCUT2D eigenvalue weighted by atomic mass is 16.7. The molecule has 0 radical (unpaired) electrons. The van der Waals surface area contributed by atoms with Crippen LogP contribution in [0.1, 0.15) is 41.0 Å². The van der Waals surface area contributed by atoms with E-state index in [1.165, 1.54) is 0 Å². The second-order valence-corrected chi connectivity index (χ2v) is 9.05. The van der Waals surface area contributed by atoms with E-state index in [0.717, 1.165) is 40.6 Å². The van der Waals surface area contributed by atoms with Crippen LogP contribution in [0.15, 0.2) is 42.6 Å². The number of nitrogens with one attached hydrogen (secondary N) is 1. The van der Waals surface area contributed by atoms with Gasteiger partial charge in [0.05, 0.1) is 0 Å². The van der Waals surface area contributed by atoms with Crippen LogP contribution < -0.4 is 14.8 Å². The van der Waals surface area contributed by atoms with Gasteiger partial charge in [0.15, 0.2) is 11.5 Å². The number of ether oxygens (including phenoxy) is 2. The van der Waals surface area contributed by atoms with Crippen LogP contribution in [0.3, 0.4) is 0 Å². The van der Waals surface area contributed by atoms with Crippen LogP contribution in [0.5, 0.6) is 11.5 Å². The van der Waals surface area contributed by atoms with Crippen LogP contribution >= 0.6 is 0 Å². The Morgan fingerprint density at radius 2 is 1.81 bits per heavy atom. The average Bonchev–Trinajstić information content (AvgIpc) is 3.16. The molecule has 1 aliphatic heterocycles. The highest BCUT2D eigenvalue weighted by molar-refractivity contribution is 5.78. The number of aromatic nitrogens is 2. The van der Waals surface area contributed by atoms with Crippen LogP contribution in [0.4, 0.5) is 5.82 Å². The quantitative estimate of drug-likeness (QED) is 0.676. The summed E-state index contributed by atoms with van der Waals surface area (Å²) in [5.74, 6) is 2.55. The van der Waals surface area contributed by atoms with Crippen molar-refractivity contribution < 1.29 is 9.47 Å². The van der Waals surface area contributed by atoms with Crippen molar-refractivity contribution in [2.45, 2.75) is 46.6 Å². The molecule has 0 fully saturated rings. The van der Waals surface area contributed by atoms with Crippen molar-refractivity contribution in [3.63, 3.8) is 0 Å². The number of imidazole rings is 1. The van der Waals surface area contributed by atoms with Gasteiger partial charge in [0.1, 0.15) is 17.2 Å². The highest BCUT2D eigenvalue weighted by Gasteiger charge is 2.28. The second kappa shape index (κ2) is 6.19. The van der Waals surface area contributed by atoms with Gasteiger partial charge in [-0.05, 0) is 56.0 Å². The molecule has 0 bridgehead atoms. The van der Waals surface area contributed by atoms with Crippen molar-refractivity contribution in [2.24, 2.45) is 5.41 Å². The number of hydrogen-bond donors (Lipinski definition) is 1. The molecule has 1 aliphatic rings. The Morgan fingerprint density at radius 1 is 1.04 bits per heavy atom. The zero-order valence-corrected chi connectivity index (χ0v) is 16.7. The van der Waals surface area contributed by atoms with Crippen LogP contribution in [0, 0.1) is 5.41 Å². The molecule has 0 atom stereocenters. The van der Waals surface area contributed by atoms with Gasteiger partial charge >= 0.3 is 0 Å². The SMILES string of the molecule is CC(C)(C)CC(C)(C)Nc1c(-c2ccc3c(c2)OCO3)nc2ccccn12. The first-order chi connectivity index (χ1) is 12.7. The summed E-state index contributed by atoms with van der Waals surface area (Å²) in [6.45, 7) is 11.6. The number of pyridine rings is 1. The number of rotatable bonds is 4. The molecule has 3 aromatic rings. The first kappa shape index (κ1) is 17.7. The van der Waals surface area contributed by atoms with Crippen molar-refractivity contribution in [3.8, 4) is 22.8 Å². The Balaban J connectivity index is 1.80. The molecule has 5 nitrogen and oxygen atoms in total. The maximum atomic E-state index is 5.56. The maximum absolute atomic E-state index is 5.56. The van der Waals surface area contributed by atoms with Gasteiger partial charge in [-0.1, -0.05) is 26.8 Å². The van der Waals surface area contributed by atoms with E-state index in [0.29, 0.717) is 0 Å². The molecule has 5 heteroatoms. The predicted molar refractivity (Wildman–Crippen MR) is 109 cm³/mol. The zero-order chi connectivity index (χ0) is 19.2. The van der Waals surface area contributed by atoms with Crippen LogP contribution in [-0.2, 0) is 0 Å². The van der Waals surface area contributed by atoms with E-state index < -0.39 is 0 Å². The Hall–Kier alpha value is -2.69. The van der Waals surface area contributed by atoms with Gasteiger partial charge in [-0.3, -0.25) is 4.40 Å². The van der Waals surface area contributed by atoms with E-state index in [9.17, 15) is 0 Å². The fourth-order valence-corrected chi connectivity index (χ4v) is 4.05. The summed E-state index contributed by atoms with van der Waals surface area (Å²) in [6.07, 6.45) is 3.08. The van der Waals surface area contributed by atoms with Gasteiger partial charge in [-0.25, -0.2) is 4.98 Å². The largest absolute Gasteiger partial charge is 0.454 e. The summed E-state index contributed by atoms with van der Waals surface area (Å²) < 4.78 is 13.1. The minimum Gasteiger partial charge on any atom is -0.454 e. The van der Waals surface area contributed by atoms with Crippen molar-refractivity contribution in [1.82, 2.24) is 9.38 Å². The molecule has 0 saturated carbocycles. The molecule has 3 heterocycles. The summed E-state index contributed by atoms with van der Waals surface area (Å²) >= 11 is 0. The van der Waals surface area contributed by atoms with Gasteiger partial charge in [-0.15, -0.1) is 0 Å². The number of nitrogens with zero attached hydrogens (tertiary/aromatic N) is 2. The van der Waals surface area contributed by atoms with Gasteiger partial charge in [0.2, 0.25) is 6.79 Å². The third kappa shape index (κ3) is 3.59. The Kier molecular flexibility index (Phi) is 4.06. The van der Waals surface area contributed by atoms with Crippen LogP contribution in [0.25, 0.3) is 16.9 Å². The summed E-state index contributed by atoms with van der Waals surface area (Å²) in [6, 6.07) is 12.1. The van der Waals surface area contributed by atoms with Crippen LogP contribution in [0.2, 0.25) is 0 Å². The van der Waals surface area contributed by atoms with E-state index in [1.54, 1.807) is 0 Å². The summed E-state index contributed by atoms with van der Waals surface area (Å²) in [7, 11) is 0. The first-order valence-electron chi connectivity index (χ1n) is 9.37. The molecule has 142 valence electrons. The highest BCUT2D eigenvalue weighted by Crippen LogP contribution is 2.39. The normalized spacial score (nSPS) is 14.0. The molecule has 4 rings (SSSR count). The molecule has 0 unspecified atom stereocenters. The van der Waals surface area contributed by atoms with E-state index in [-0.39, 0.29) is 17.7 Å². The monoisotopic (exact) mass is 365 g/mol. The smallest absolute Gasteiger partial charge is 0.231 e. The lowest BCUT2D eigenvalue weighted by Crippen LogP contribution is -2.36. The topological polar surface area (TPSA) is 47.8 Å².